The first-order valence-electron chi connectivity index (χ1n) is 8.93. The number of nitrogens with one attached hydrogen (secondary N) is 1. The van der Waals surface area contributed by atoms with Gasteiger partial charge in [-0.15, -0.1) is 0 Å². The summed E-state index contributed by atoms with van der Waals surface area (Å²) in [7, 11) is 0. The summed E-state index contributed by atoms with van der Waals surface area (Å²) < 4.78 is 0. The smallest absolute Gasteiger partial charge is 0.304 e. The second-order valence-electron chi connectivity index (χ2n) is 6.63. The fourth-order valence-corrected chi connectivity index (χ4v) is 2.93. The molecule has 0 aliphatic rings. The van der Waals surface area contributed by atoms with Gasteiger partial charge in [-0.3, -0.25) is 30.0 Å². The van der Waals surface area contributed by atoms with Gasteiger partial charge in [0.05, 0.1) is 22.2 Å². The van der Waals surface area contributed by atoms with E-state index in [4.69, 9.17) is 5.84 Å². The van der Waals surface area contributed by atoms with Crippen molar-refractivity contribution in [1.82, 2.24) is 9.97 Å². The lowest BCUT2D eigenvalue weighted by atomic mass is 10.1. The number of fused-ring (bicyclic) bond motifs is 1. The number of carbonyl (C=O) groups excluding carboxylic acids is 1. The number of hydrazone groups is 1. The van der Waals surface area contributed by atoms with Gasteiger partial charge in [-0.1, -0.05) is 12.1 Å². The number of carbonyl (C=O) groups is 1. The molecule has 0 spiro atoms. The highest BCUT2D eigenvalue weighted by Gasteiger charge is 2.37. The van der Waals surface area contributed by atoms with E-state index in [9.17, 15) is 25.0 Å². The van der Waals surface area contributed by atoms with Crippen LogP contribution in [0.5, 0.6) is 0 Å². The van der Waals surface area contributed by atoms with Crippen molar-refractivity contribution in [3.05, 3.63) is 79.6 Å². The molecule has 0 bridgehead atoms. The van der Waals surface area contributed by atoms with E-state index in [-0.39, 0.29) is 16.9 Å². The molecule has 1 atom stereocenters. The van der Waals surface area contributed by atoms with E-state index in [1.54, 1.807) is 19.1 Å². The van der Waals surface area contributed by atoms with Crippen molar-refractivity contribution < 1.29 is 14.6 Å². The summed E-state index contributed by atoms with van der Waals surface area (Å²) in [6.07, 6.45) is 1.11. The van der Waals surface area contributed by atoms with Crippen molar-refractivity contribution in [2.24, 2.45) is 10.9 Å². The highest BCUT2D eigenvalue weighted by molar-refractivity contribution is 6.44. The van der Waals surface area contributed by atoms with E-state index in [0.717, 1.165) is 23.4 Å². The average Bonchev–Trinajstić information content (AvgIpc) is 2.73. The molecule has 0 radical (unpaired) electrons. The molecule has 0 fully saturated rings. The third-order valence-corrected chi connectivity index (χ3v) is 4.73. The second kappa shape index (κ2) is 8.49. The molecule has 12 nitrogen and oxygen atoms in total. The summed E-state index contributed by atoms with van der Waals surface area (Å²) in [4.78, 5) is 42.3. The van der Waals surface area contributed by atoms with Crippen LogP contribution in [0.3, 0.4) is 0 Å². The minimum Gasteiger partial charge on any atom is -0.323 e. The molecule has 158 valence electrons. The van der Waals surface area contributed by atoms with Crippen molar-refractivity contribution in [1.29, 1.82) is 0 Å². The fraction of sp³-hybridized carbons (Fsp3) is 0.158. The van der Waals surface area contributed by atoms with Crippen LogP contribution >= 0.6 is 0 Å². The predicted octanol–water partition coefficient (Wildman–Crippen LogP) is 2.43. The van der Waals surface area contributed by atoms with Crippen molar-refractivity contribution in [3.8, 4) is 0 Å². The van der Waals surface area contributed by atoms with Gasteiger partial charge < -0.3 is 11.2 Å². The number of nitrogens with two attached hydrogens (primary N) is 1. The normalized spacial score (nSPS) is 12.4. The topological polar surface area (TPSA) is 180 Å². The van der Waals surface area contributed by atoms with Crippen molar-refractivity contribution in [2.45, 2.75) is 19.9 Å². The van der Waals surface area contributed by atoms with Gasteiger partial charge in [0, 0.05) is 22.7 Å². The third kappa shape index (κ3) is 4.27. The minimum atomic E-state index is -1.83. The van der Waals surface area contributed by atoms with Crippen molar-refractivity contribution in [3.63, 3.8) is 0 Å². The number of aromatic nitrogens is 2. The minimum absolute atomic E-state index is 0.0601. The molecular weight excluding hydrogens is 406 g/mol. The predicted molar refractivity (Wildman–Crippen MR) is 112 cm³/mol. The number of nitro benzene ring substituents is 1. The molecule has 31 heavy (non-hydrogen) atoms. The Morgan fingerprint density at radius 3 is 2.55 bits per heavy atom. The monoisotopic (exact) mass is 423 g/mol. The number of nitro groups is 2. The third-order valence-electron chi connectivity index (χ3n) is 4.73. The molecule has 1 amide bonds. The van der Waals surface area contributed by atoms with Gasteiger partial charge in [-0.05, 0) is 37.1 Å². The van der Waals surface area contributed by atoms with Crippen LogP contribution in [0.2, 0.25) is 0 Å². The molecule has 1 heterocycles. The van der Waals surface area contributed by atoms with Gasteiger partial charge in [0.1, 0.15) is 5.69 Å². The van der Waals surface area contributed by atoms with E-state index in [2.05, 4.69) is 20.4 Å². The van der Waals surface area contributed by atoms with Crippen molar-refractivity contribution >= 4 is 34.0 Å². The first kappa shape index (κ1) is 21.2. The Bertz CT molecular complexity index is 1240. The molecule has 3 N–H and O–H groups in total. The van der Waals surface area contributed by atoms with Gasteiger partial charge in [0.25, 0.3) is 11.6 Å². The molecule has 1 aromatic heterocycles. The first-order chi connectivity index (χ1) is 14.7. The number of rotatable bonds is 6. The molecule has 3 aromatic rings. The summed E-state index contributed by atoms with van der Waals surface area (Å²) in [5, 5.41) is 28.7. The zero-order valence-electron chi connectivity index (χ0n) is 16.5. The Kier molecular flexibility index (Phi) is 5.81. The Morgan fingerprint density at radius 1 is 1.16 bits per heavy atom. The summed E-state index contributed by atoms with van der Waals surface area (Å²) in [6, 6.07) is 7.15. The maximum Gasteiger partial charge on any atom is 0.304 e. The van der Waals surface area contributed by atoms with Crippen LogP contribution in [-0.4, -0.2) is 31.4 Å². The van der Waals surface area contributed by atoms with Crippen molar-refractivity contribution in [2.75, 3.05) is 5.32 Å². The Balaban J connectivity index is 2.01. The van der Waals surface area contributed by atoms with E-state index >= 15 is 0 Å². The average molecular weight is 423 g/mol. The van der Waals surface area contributed by atoms with E-state index < -0.39 is 27.5 Å². The van der Waals surface area contributed by atoms with Gasteiger partial charge in [0.15, 0.2) is 0 Å². The lowest BCUT2D eigenvalue weighted by molar-refractivity contribution is -0.509. The first-order valence-corrected chi connectivity index (χ1v) is 8.93. The number of hydrogen-bond acceptors (Lipinski definition) is 9. The molecule has 0 saturated carbocycles. The lowest BCUT2D eigenvalue weighted by Gasteiger charge is -2.14. The van der Waals surface area contributed by atoms with Gasteiger partial charge in [-0.25, -0.2) is 4.98 Å². The van der Waals surface area contributed by atoms with E-state index in [1.165, 1.54) is 12.1 Å². The number of aryl methyl sites for hydroxylation is 1. The maximum atomic E-state index is 12.8. The standard InChI is InChI=1S/C19H17N7O5/c1-10-4-3-5-13(11(10)2)23-19(27)17(24-20)18(26(30)31)16-9-21-14-7-6-12(25(28)29)8-15(14)22-16/h3-9,18H,20H2,1-2H3,(H,23,27)/b24-17+/t18-/m0/s1. The maximum absolute atomic E-state index is 12.8. The van der Waals surface area contributed by atoms with Gasteiger partial charge in [-0.2, -0.15) is 5.10 Å². The van der Waals surface area contributed by atoms with Crippen LogP contribution < -0.4 is 11.2 Å². The van der Waals surface area contributed by atoms with Gasteiger partial charge >= 0.3 is 6.04 Å². The van der Waals surface area contributed by atoms with Crippen LogP contribution in [0.4, 0.5) is 11.4 Å². The number of benzene rings is 2. The number of amides is 1. The number of non-ortho nitro benzene ring substituents is 1. The van der Waals surface area contributed by atoms with Crippen LogP contribution in [0.1, 0.15) is 22.9 Å². The quantitative estimate of drug-likeness (QED) is 0.262. The number of hydrogen-bond donors (Lipinski definition) is 2. The number of nitrogens with zero attached hydrogens (tertiary/aromatic N) is 5. The van der Waals surface area contributed by atoms with Crippen LogP contribution in [0.15, 0.2) is 47.7 Å². The largest absolute Gasteiger partial charge is 0.323 e. The van der Waals surface area contributed by atoms with E-state index in [1.807, 2.05) is 13.0 Å². The Hall–Kier alpha value is -4.48. The highest BCUT2D eigenvalue weighted by atomic mass is 16.6. The van der Waals surface area contributed by atoms with Crippen LogP contribution in [0.25, 0.3) is 11.0 Å². The molecule has 12 heteroatoms. The summed E-state index contributed by atoms with van der Waals surface area (Å²) in [5.41, 5.74) is 1.42. The molecular formula is C19H17N7O5. The molecule has 0 unspecified atom stereocenters. The molecule has 2 aromatic carbocycles. The van der Waals surface area contributed by atoms with Gasteiger partial charge in [0.2, 0.25) is 5.71 Å². The summed E-state index contributed by atoms with van der Waals surface area (Å²) in [6.45, 7) is 3.64. The summed E-state index contributed by atoms with van der Waals surface area (Å²) in [5.74, 6) is 4.46. The zero-order valence-corrected chi connectivity index (χ0v) is 16.5. The SMILES string of the molecule is Cc1cccc(NC(=O)/C(=N/N)[C@H](c2cnc3ccc([N+](=O)[O-])cc3n2)[N+](=O)[O-])c1C. The molecule has 0 aliphatic carbocycles. The molecule has 0 saturated heterocycles. The zero-order chi connectivity index (χ0) is 22.7. The molecule has 0 aliphatic heterocycles. The second-order valence-corrected chi connectivity index (χ2v) is 6.63. The molecule has 3 rings (SSSR count). The fourth-order valence-electron chi connectivity index (χ4n) is 2.93. The Labute approximate surface area is 175 Å². The lowest BCUT2D eigenvalue weighted by Crippen LogP contribution is -2.34. The van der Waals surface area contributed by atoms with Crippen LogP contribution in [-0.2, 0) is 4.79 Å². The van der Waals surface area contributed by atoms with E-state index in [0.29, 0.717) is 11.2 Å². The Morgan fingerprint density at radius 2 is 1.90 bits per heavy atom. The van der Waals surface area contributed by atoms with Crippen LogP contribution in [0, 0.1) is 34.1 Å². The number of anilines is 1. The highest BCUT2D eigenvalue weighted by Crippen LogP contribution is 2.23. The summed E-state index contributed by atoms with van der Waals surface area (Å²) >= 11 is 0.